The van der Waals surface area contributed by atoms with Gasteiger partial charge in [-0.05, 0) is 24.3 Å². The van der Waals surface area contributed by atoms with Gasteiger partial charge >= 0.3 is 0 Å². The molecule has 0 bridgehead atoms. The Morgan fingerprint density at radius 2 is 1.31 bits per heavy atom. The molecule has 1 aromatic heterocycles. The zero-order chi connectivity index (χ0) is 28.0. The summed E-state index contributed by atoms with van der Waals surface area (Å²) in [4.78, 5) is 13.4. The molecule has 3 heterocycles. The number of aliphatic hydroxyl groups excluding tert-OH is 6. The Kier molecular flexibility index (Phi) is 7.37. The Labute approximate surface area is 219 Å². The molecular weight excluding hydrogens is 524 g/mol. The maximum Gasteiger partial charge on any atom is 0.239 e. The molecular formula is C25H26O14. The largest absolute Gasteiger partial charge is 0.508 e. The van der Waals surface area contributed by atoms with Crippen LogP contribution in [0.25, 0.3) is 22.3 Å². The van der Waals surface area contributed by atoms with E-state index in [9.17, 15) is 45.6 Å². The zero-order valence-electron chi connectivity index (χ0n) is 20.0. The molecule has 39 heavy (non-hydrogen) atoms. The predicted octanol–water partition coefficient (Wildman–Crippen LogP) is -1.49. The Balaban J connectivity index is 1.51. The number of aromatic hydroxyl groups is 2. The highest BCUT2D eigenvalue weighted by Crippen LogP contribution is 2.37. The molecule has 0 amide bonds. The lowest BCUT2D eigenvalue weighted by molar-refractivity contribution is -0.242. The van der Waals surface area contributed by atoms with E-state index in [0.717, 1.165) is 12.1 Å². The second-order valence-corrected chi connectivity index (χ2v) is 9.19. The molecule has 2 saturated heterocycles. The number of rotatable bonds is 5. The van der Waals surface area contributed by atoms with E-state index in [0.29, 0.717) is 0 Å². The van der Waals surface area contributed by atoms with Gasteiger partial charge in [0, 0.05) is 17.7 Å². The van der Waals surface area contributed by atoms with E-state index >= 15 is 0 Å². The number of fused-ring (bicyclic) bond motifs is 1. The third kappa shape index (κ3) is 5.11. The number of ether oxygens (including phenoxy) is 4. The summed E-state index contributed by atoms with van der Waals surface area (Å²) >= 11 is 0. The van der Waals surface area contributed by atoms with Gasteiger partial charge in [-0.15, -0.1) is 0 Å². The zero-order valence-corrected chi connectivity index (χ0v) is 20.0. The van der Waals surface area contributed by atoms with Gasteiger partial charge in [0.05, 0.1) is 13.2 Å². The Morgan fingerprint density at radius 3 is 1.90 bits per heavy atom. The van der Waals surface area contributed by atoms with Gasteiger partial charge in [0.15, 0.2) is 5.76 Å². The minimum absolute atomic E-state index is 0.176. The Morgan fingerprint density at radius 1 is 0.744 bits per heavy atom. The smallest absolute Gasteiger partial charge is 0.239 e. The molecule has 0 aliphatic carbocycles. The summed E-state index contributed by atoms with van der Waals surface area (Å²) in [7, 11) is 0. The summed E-state index contributed by atoms with van der Waals surface area (Å²) < 4.78 is 27.5. The van der Waals surface area contributed by atoms with E-state index < -0.39 is 72.7 Å². The lowest BCUT2D eigenvalue weighted by atomic mass is 10.1. The van der Waals surface area contributed by atoms with Crippen LogP contribution >= 0.6 is 0 Å². The minimum atomic E-state index is -1.74. The molecule has 5 rings (SSSR count). The summed E-state index contributed by atoms with van der Waals surface area (Å²) in [5.41, 5.74) is -0.843. The molecule has 0 radical (unpaired) electrons. The summed E-state index contributed by atoms with van der Waals surface area (Å²) in [6, 6.07) is 7.75. The summed E-state index contributed by atoms with van der Waals surface area (Å²) in [5.74, 6) is -1.51. The van der Waals surface area contributed by atoms with Crippen LogP contribution in [-0.2, 0) is 9.47 Å². The normalized spacial score (nSPS) is 31.2. The van der Waals surface area contributed by atoms with Gasteiger partial charge < -0.3 is 64.2 Å². The van der Waals surface area contributed by atoms with E-state index in [-0.39, 0.29) is 40.4 Å². The summed E-state index contributed by atoms with van der Waals surface area (Å²) in [5, 5.41) is 79.4. The van der Waals surface area contributed by atoms with Crippen LogP contribution in [0, 0.1) is 0 Å². The van der Waals surface area contributed by atoms with Gasteiger partial charge in [0.1, 0.15) is 64.8 Å². The molecule has 8 atom stereocenters. The first-order chi connectivity index (χ1) is 18.5. The number of aliphatic hydroxyl groups is 6. The maximum atomic E-state index is 13.4. The van der Waals surface area contributed by atoms with Crippen LogP contribution in [0.2, 0.25) is 0 Å². The van der Waals surface area contributed by atoms with Gasteiger partial charge in [-0.1, -0.05) is 0 Å². The lowest BCUT2D eigenvalue weighted by Crippen LogP contribution is -2.55. The molecule has 2 aliphatic rings. The standard InChI is InChI=1S/C25H26O14/c26-10-5-12(27)16-15(6-10)38-22(23(19(16)32)39-25-21(34)18(31)14(29)8-36-25)9-1-3-11(4-2-9)37-24-20(33)17(30)13(28)7-35-24/h1-6,13-14,17-18,20-21,24-31,33-34H,7-8H2/t13-,14+,17+,18-,20-,21+,24+,25+/m0/s1. The van der Waals surface area contributed by atoms with Crippen LogP contribution < -0.4 is 14.9 Å². The van der Waals surface area contributed by atoms with Crippen LogP contribution in [0.15, 0.2) is 45.6 Å². The third-order valence-electron chi connectivity index (χ3n) is 6.43. The molecule has 0 saturated carbocycles. The van der Waals surface area contributed by atoms with Crippen LogP contribution in [0.5, 0.6) is 23.0 Å². The van der Waals surface area contributed by atoms with Crippen molar-refractivity contribution < 1.29 is 64.2 Å². The first kappa shape index (κ1) is 27.1. The Bertz CT molecular complexity index is 1390. The van der Waals surface area contributed by atoms with Crippen molar-refractivity contribution in [1.82, 2.24) is 0 Å². The average Bonchev–Trinajstić information content (AvgIpc) is 2.90. The van der Waals surface area contributed by atoms with Crippen LogP contribution in [-0.4, -0.2) is 103 Å². The fraction of sp³-hybridized carbons (Fsp3) is 0.400. The first-order valence-electron chi connectivity index (χ1n) is 11.8. The van der Waals surface area contributed by atoms with Crippen molar-refractivity contribution in [3.63, 3.8) is 0 Å². The number of hydrogen-bond acceptors (Lipinski definition) is 14. The number of benzene rings is 2. The average molecular weight is 550 g/mol. The fourth-order valence-corrected chi connectivity index (χ4v) is 4.27. The van der Waals surface area contributed by atoms with Crippen molar-refractivity contribution in [1.29, 1.82) is 0 Å². The topological polar surface area (TPSA) is 229 Å². The van der Waals surface area contributed by atoms with Gasteiger partial charge in [0.25, 0.3) is 0 Å². The van der Waals surface area contributed by atoms with Crippen molar-refractivity contribution in [2.24, 2.45) is 0 Å². The fourth-order valence-electron chi connectivity index (χ4n) is 4.27. The van der Waals surface area contributed by atoms with Crippen molar-refractivity contribution in [2.75, 3.05) is 13.2 Å². The molecule has 2 fully saturated rings. The highest BCUT2D eigenvalue weighted by molar-refractivity contribution is 5.88. The minimum Gasteiger partial charge on any atom is -0.508 e. The van der Waals surface area contributed by atoms with Gasteiger partial charge in [-0.3, -0.25) is 4.79 Å². The van der Waals surface area contributed by atoms with E-state index in [1.807, 2.05) is 0 Å². The highest BCUT2D eigenvalue weighted by atomic mass is 16.7. The summed E-state index contributed by atoms with van der Waals surface area (Å²) in [6.07, 6.45) is -11.9. The number of phenolic OH excluding ortho intramolecular Hbond substituents is 2. The SMILES string of the molecule is O=c1c(O[C@H]2OC[C@@H](O)[C@H](O)[C@H]2O)c(-c2ccc(O[C@H]3OC[C@H](O)[C@@H](O)[C@@H]3O)cc2)oc2cc(O)cc(O)c12. The van der Waals surface area contributed by atoms with Crippen molar-refractivity contribution >= 4 is 11.0 Å². The predicted molar refractivity (Wildman–Crippen MR) is 128 cm³/mol. The van der Waals surface area contributed by atoms with Crippen LogP contribution in [0.3, 0.4) is 0 Å². The van der Waals surface area contributed by atoms with E-state index in [1.165, 1.54) is 24.3 Å². The molecule has 0 unspecified atom stereocenters. The van der Waals surface area contributed by atoms with Gasteiger partial charge in [0.2, 0.25) is 23.8 Å². The van der Waals surface area contributed by atoms with Gasteiger partial charge in [-0.2, -0.15) is 0 Å². The van der Waals surface area contributed by atoms with Crippen LogP contribution in [0.1, 0.15) is 0 Å². The monoisotopic (exact) mass is 550 g/mol. The second-order valence-electron chi connectivity index (χ2n) is 9.19. The molecule has 2 aromatic carbocycles. The van der Waals surface area contributed by atoms with Crippen molar-refractivity contribution in [3.05, 3.63) is 46.6 Å². The van der Waals surface area contributed by atoms with E-state index in [4.69, 9.17) is 23.4 Å². The van der Waals surface area contributed by atoms with Crippen molar-refractivity contribution in [3.8, 4) is 34.3 Å². The molecule has 8 N–H and O–H groups in total. The maximum absolute atomic E-state index is 13.4. The van der Waals surface area contributed by atoms with E-state index in [1.54, 1.807) is 0 Å². The third-order valence-corrected chi connectivity index (χ3v) is 6.43. The molecule has 2 aliphatic heterocycles. The lowest BCUT2D eigenvalue weighted by Gasteiger charge is -2.35. The second kappa shape index (κ2) is 10.6. The van der Waals surface area contributed by atoms with Gasteiger partial charge in [-0.25, -0.2) is 0 Å². The molecule has 14 nitrogen and oxygen atoms in total. The van der Waals surface area contributed by atoms with Crippen LogP contribution in [0.4, 0.5) is 0 Å². The van der Waals surface area contributed by atoms with Crippen molar-refractivity contribution in [2.45, 2.75) is 49.2 Å². The highest BCUT2D eigenvalue weighted by Gasteiger charge is 2.41. The molecule has 0 spiro atoms. The number of phenols is 2. The molecule has 210 valence electrons. The Hall–Kier alpha value is -3.47. The molecule has 3 aromatic rings. The quantitative estimate of drug-likeness (QED) is 0.181. The van der Waals surface area contributed by atoms with E-state index in [2.05, 4.69) is 0 Å². The molecule has 14 heteroatoms. The first-order valence-corrected chi connectivity index (χ1v) is 11.8. The summed E-state index contributed by atoms with van der Waals surface area (Å²) in [6.45, 7) is -0.659. The number of hydrogen-bond donors (Lipinski definition) is 8.